The van der Waals surface area contributed by atoms with Crippen LogP contribution in [-0.4, -0.2) is 209 Å². The van der Waals surface area contributed by atoms with Gasteiger partial charge in [0.05, 0.1) is 37.3 Å². The van der Waals surface area contributed by atoms with Crippen LogP contribution in [0.2, 0.25) is 45.3 Å². The molecule has 4 aliphatic rings. The Labute approximate surface area is 728 Å². The molecular weight excluding hydrogens is 1640 g/mol. The van der Waals surface area contributed by atoms with E-state index in [-0.39, 0.29) is 154 Å². The van der Waals surface area contributed by atoms with Crippen LogP contribution in [0.5, 0.6) is 0 Å². The Balaban J connectivity index is 1.30. The van der Waals surface area contributed by atoms with Gasteiger partial charge in [-0.25, -0.2) is 28.8 Å². The Morgan fingerprint density at radius 2 is 0.803 bits per heavy atom. The molecule has 122 heavy (non-hydrogen) atoms. The molecule has 0 saturated heterocycles. The minimum Gasteiger partial charge on any atom is -0.466 e. The van der Waals surface area contributed by atoms with E-state index >= 15 is 0 Å². The van der Waals surface area contributed by atoms with E-state index in [0.29, 0.717) is 109 Å². The summed E-state index contributed by atoms with van der Waals surface area (Å²) < 4.78 is 120. The lowest BCUT2D eigenvalue weighted by Gasteiger charge is -2.47. The number of hydrogen-bond acceptors (Lipinski definition) is 24. The highest BCUT2D eigenvalue weighted by Crippen LogP contribution is 2.53. The van der Waals surface area contributed by atoms with E-state index in [2.05, 4.69) is 143 Å². The van der Waals surface area contributed by atoms with Gasteiger partial charge in [0.2, 0.25) is 0 Å². The summed E-state index contributed by atoms with van der Waals surface area (Å²) in [5.74, 6) is -3.44. The van der Waals surface area contributed by atoms with Crippen LogP contribution >= 0.6 is 0 Å². The number of halogens is 3. The number of amides is 4. The number of esters is 6. The van der Waals surface area contributed by atoms with Crippen molar-refractivity contribution < 1.29 is 126 Å². The van der Waals surface area contributed by atoms with Crippen LogP contribution in [0.1, 0.15) is 245 Å². The molecule has 34 heteroatoms. The van der Waals surface area contributed by atoms with Crippen molar-refractivity contribution in [2.75, 3.05) is 99.0 Å². The molecule has 4 N–H and O–H groups in total. The summed E-state index contributed by atoms with van der Waals surface area (Å²) in [4.78, 5) is 130. The average molecular weight is 1790 g/mol. The quantitative estimate of drug-likeness (QED) is 0.0144. The summed E-state index contributed by atoms with van der Waals surface area (Å²) in [7, 11) is -5.85. The summed E-state index contributed by atoms with van der Waals surface area (Å²) in [6.45, 7) is 45.3. The molecule has 702 valence electrons. The Morgan fingerprint density at radius 1 is 0.418 bits per heavy atom. The van der Waals surface area contributed by atoms with Crippen molar-refractivity contribution in [1.29, 1.82) is 0 Å². The van der Waals surface area contributed by atoms with Crippen molar-refractivity contribution in [1.82, 2.24) is 21.3 Å². The van der Waals surface area contributed by atoms with Gasteiger partial charge in [-0.15, -0.1) is 0 Å². The Kier molecular flexibility index (Phi) is 42.5. The second-order valence-corrected chi connectivity index (χ2v) is 54.0. The number of carbonyl (C=O) groups excluding carboxylic acids is 10. The van der Waals surface area contributed by atoms with Gasteiger partial charge in [-0.3, -0.25) is 19.2 Å². The van der Waals surface area contributed by atoms with Gasteiger partial charge in [-0.1, -0.05) is 110 Å². The highest BCUT2D eigenvalue weighted by atomic mass is 28.4. The predicted molar refractivity (Wildman–Crippen MR) is 462 cm³/mol. The molecule has 4 fully saturated rings. The highest BCUT2D eigenvalue weighted by molar-refractivity contribution is 6.81. The van der Waals surface area contributed by atoms with Crippen LogP contribution in [0.3, 0.4) is 0 Å². The van der Waals surface area contributed by atoms with Gasteiger partial charge in [-0.05, 0) is 217 Å². The van der Waals surface area contributed by atoms with Crippen molar-refractivity contribution in [3.05, 3.63) is 25.3 Å². The first-order chi connectivity index (χ1) is 56.3. The van der Waals surface area contributed by atoms with E-state index in [0.717, 1.165) is 37.5 Å². The van der Waals surface area contributed by atoms with Crippen LogP contribution in [0.25, 0.3) is 0 Å². The molecule has 0 radical (unpaired) electrons. The SMILES string of the molecule is C=CC(=O)OCCOC(=O)CCC1(C)CC(NC(=O)OCC(CC)(COCCC[SiH](O[Si](C)(C)C)O[Si](C)(C)C)COC(=O)NCC2(C)CC(CC(=O)OCC(C)(COCC(F)(F)F)COC(=O)CCC3(C)CC(NC(=O)OCCCCOC(=O)CCC4(C)CC(NC(=O)OCCOC(=O)C=C)CC(C)(C)C4)CC(C)(C)C3)CC(C)(C)C2)CC(C)(C)C1. The Hall–Kier alpha value is -6.34. The normalized spacial score (nSPS) is 24.7. The van der Waals surface area contributed by atoms with Gasteiger partial charge < -0.3 is 86.3 Å². The molecule has 10 unspecified atom stereocenters. The maximum atomic E-state index is 14.0. The summed E-state index contributed by atoms with van der Waals surface area (Å²) in [5, 5.41) is 12.0. The van der Waals surface area contributed by atoms with Gasteiger partial charge in [-0.2, -0.15) is 13.2 Å². The number of ether oxygens (including phenoxy) is 12. The predicted octanol–water partition coefficient (Wildman–Crippen LogP) is 16.9. The van der Waals surface area contributed by atoms with Crippen molar-refractivity contribution >= 4 is 86.1 Å². The Bertz CT molecular complexity index is 3400. The first-order valence-electron chi connectivity index (χ1n) is 43.8. The number of carbonyl (C=O) groups is 10. The Morgan fingerprint density at radius 3 is 1.25 bits per heavy atom. The van der Waals surface area contributed by atoms with E-state index < -0.39 is 134 Å². The molecule has 28 nitrogen and oxygen atoms in total. The lowest BCUT2D eigenvalue weighted by Crippen LogP contribution is -2.48. The van der Waals surface area contributed by atoms with Gasteiger partial charge in [0.25, 0.3) is 0 Å². The van der Waals surface area contributed by atoms with Gasteiger partial charge in [0, 0.05) is 69.1 Å². The second kappa shape index (κ2) is 48.0. The topological polar surface area (TPSA) is 348 Å². The third-order valence-electron chi connectivity index (χ3n) is 23.0. The third kappa shape index (κ3) is 45.2. The van der Waals surface area contributed by atoms with Gasteiger partial charge >= 0.3 is 75.6 Å². The molecule has 4 saturated carbocycles. The first kappa shape index (κ1) is 108. The monoisotopic (exact) mass is 1790 g/mol. The fourth-order valence-corrected chi connectivity index (χ4v) is 27.7. The molecule has 4 aliphatic carbocycles. The number of rotatable bonds is 51. The van der Waals surface area contributed by atoms with Gasteiger partial charge in [0.1, 0.15) is 59.5 Å². The number of nitrogens with one attached hydrogen (secondary N) is 4. The molecule has 4 amide bonds. The number of hydrogen-bond donors (Lipinski definition) is 4. The lowest BCUT2D eigenvalue weighted by molar-refractivity contribution is -0.188. The number of unbranched alkanes of at least 4 members (excludes halogenated alkanes) is 1. The maximum Gasteiger partial charge on any atom is 0.411 e. The van der Waals surface area contributed by atoms with E-state index in [1.165, 1.54) is 6.92 Å². The van der Waals surface area contributed by atoms with Crippen molar-refractivity contribution in [3.63, 3.8) is 0 Å². The molecular formula is C88H153F3N4O24Si3. The summed E-state index contributed by atoms with van der Waals surface area (Å²) in [6.07, 6.45) is 6.33. The van der Waals surface area contributed by atoms with Crippen LogP contribution in [0, 0.1) is 60.1 Å². The zero-order valence-corrected chi connectivity index (χ0v) is 80.6. The summed E-state index contributed by atoms with van der Waals surface area (Å²) in [6, 6.07) is -0.0413. The van der Waals surface area contributed by atoms with Gasteiger partial charge in [0.15, 0.2) is 16.6 Å². The molecule has 4 rings (SSSR count). The fourth-order valence-electron chi connectivity index (χ4n) is 19.3. The smallest absolute Gasteiger partial charge is 0.411 e. The highest BCUT2D eigenvalue weighted by Gasteiger charge is 2.48. The van der Waals surface area contributed by atoms with Crippen LogP contribution in [-0.2, 0) is 93.8 Å². The molecule has 0 aromatic heterocycles. The minimum absolute atomic E-state index is 0.0432. The largest absolute Gasteiger partial charge is 0.466 e. The standard InChI is InChI=1S/C88H153F3N4O24Si3/c1-23-68(96)109-38-39-111-71(99)30-33-83(13)51-67(48-81(10,11)53-83)95-77(105)117-62-87(25-3,60-106-35-28-42-120(118-121(17,18)19)119-122(20,21)22)61-116-74(102)92-56-85(15)45-64(44-78(4,5)55-85)43-73(101)115-59-86(16,57-107-63-88(89,90)91)58-114-72(100)31-34-84(14)49-65(46-79(6,7)54-84)93-75(103)112-37-27-26-36-108-70(98)29-32-82(12)50-66(47-80(8,9)52-82)94-76(104)113-41-40-110-69(97)24-2/h23-24,64-67,120H,1-2,25-63H2,3-22H3,(H,92,102)(H,93,103)(H,94,104)(H,95,105). The second-order valence-electron chi connectivity index (χ2n) is 42.2. The molecule has 0 spiro atoms. The number of alkyl halides is 3. The fraction of sp³-hybridized carbons (Fsp3) is 0.841. The third-order valence-corrected chi connectivity index (χ3v) is 31.7. The van der Waals surface area contributed by atoms with Crippen LogP contribution < -0.4 is 21.3 Å². The lowest BCUT2D eigenvalue weighted by atomic mass is 9.60. The van der Waals surface area contributed by atoms with Crippen LogP contribution in [0.15, 0.2) is 25.3 Å². The van der Waals surface area contributed by atoms with Crippen LogP contribution in [0.4, 0.5) is 32.3 Å². The van der Waals surface area contributed by atoms with E-state index in [9.17, 15) is 61.1 Å². The van der Waals surface area contributed by atoms with Crippen molar-refractivity contribution in [3.8, 4) is 0 Å². The zero-order chi connectivity index (χ0) is 91.9. The first-order valence-corrected chi connectivity index (χ1v) is 52.4. The van der Waals surface area contributed by atoms with Crippen molar-refractivity contribution in [2.24, 2.45) is 60.1 Å². The average Bonchev–Trinajstić information content (AvgIpc) is 0.811. The van der Waals surface area contributed by atoms with Crippen molar-refractivity contribution in [2.45, 2.75) is 314 Å². The molecule has 10 atom stereocenters. The minimum atomic E-state index is -4.66. The molecule has 0 aromatic carbocycles. The molecule has 0 bridgehead atoms. The van der Waals surface area contributed by atoms with E-state index in [1.54, 1.807) is 0 Å². The number of alkyl carbamates (subject to hydrolysis) is 4. The summed E-state index contributed by atoms with van der Waals surface area (Å²) in [5.41, 5.74) is -4.84. The molecule has 0 heterocycles. The summed E-state index contributed by atoms with van der Waals surface area (Å²) >= 11 is 0. The van der Waals surface area contributed by atoms with E-state index in [1.807, 2.05) is 20.8 Å². The molecule has 0 aromatic rings. The molecule has 0 aliphatic heterocycles. The van der Waals surface area contributed by atoms with E-state index in [4.69, 9.17) is 65.1 Å². The maximum absolute atomic E-state index is 14.0. The zero-order valence-electron chi connectivity index (χ0n) is 77.5.